The molecule has 152 valence electrons. The van der Waals surface area contributed by atoms with Gasteiger partial charge in [0, 0.05) is 24.8 Å². The van der Waals surface area contributed by atoms with Gasteiger partial charge in [-0.3, -0.25) is 4.79 Å². The van der Waals surface area contributed by atoms with Gasteiger partial charge in [0.1, 0.15) is 12.4 Å². The fourth-order valence-corrected chi connectivity index (χ4v) is 4.12. The van der Waals surface area contributed by atoms with E-state index in [9.17, 15) is 4.79 Å². The molecule has 1 saturated heterocycles. The predicted molar refractivity (Wildman–Crippen MR) is 110 cm³/mol. The zero-order valence-corrected chi connectivity index (χ0v) is 17.3. The predicted octanol–water partition coefficient (Wildman–Crippen LogP) is 3.37. The van der Waals surface area contributed by atoms with Crippen molar-refractivity contribution in [3.8, 4) is 5.75 Å². The Labute approximate surface area is 169 Å². The molecule has 27 heavy (non-hydrogen) atoms. The molecule has 1 heterocycles. The van der Waals surface area contributed by atoms with Gasteiger partial charge in [-0.1, -0.05) is 25.0 Å². The molecule has 0 radical (unpaired) electrons. The van der Waals surface area contributed by atoms with Crippen molar-refractivity contribution in [3.63, 3.8) is 0 Å². The third-order valence-corrected chi connectivity index (χ3v) is 5.54. The van der Waals surface area contributed by atoms with E-state index in [2.05, 4.69) is 16.7 Å². The van der Waals surface area contributed by atoms with Crippen molar-refractivity contribution in [2.45, 2.75) is 64.6 Å². The average molecular weight is 397 g/mol. The maximum Gasteiger partial charge on any atom is 0.237 e. The first-order chi connectivity index (χ1) is 12.7. The van der Waals surface area contributed by atoms with Gasteiger partial charge in [-0.25, -0.2) is 0 Å². The van der Waals surface area contributed by atoms with E-state index in [0.29, 0.717) is 38.3 Å². The number of hydrogen-bond donors (Lipinski definition) is 2. The summed E-state index contributed by atoms with van der Waals surface area (Å²) in [4.78, 5) is 12.6. The quantitative estimate of drug-likeness (QED) is 0.661. The third-order valence-electron chi connectivity index (χ3n) is 5.54. The number of nitrogens with one attached hydrogen (secondary N) is 2. The highest BCUT2D eigenvalue weighted by atomic mass is 35.5. The van der Waals surface area contributed by atoms with Crippen molar-refractivity contribution in [2.75, 3.05) is 19.8 Å². The van der Waals surface area contributed by atoms with Crippen molar-refractivity contribution in [1.29, 1.82) is 0 Å². The highest BCUT2D eigenvalue weighted by Crippen LogP contribution is 2.33. The molecule has 0 aromatic heterocycles. The molecule has 1 saturated carbocycles. The minimum Gasteiger partial charge on any atom is -0.491 e. The first-order valence-electron chi connectivity index (χ1n) is 10.0. The molecule has 3 rings (SSSR count). The molecule has 1 aliphatic heterocycles. The summed E-state index contributed by atoms with van der Waals surface area (Å²) in [7, 11) is 0. The minimum absolute atomic E-state index is 0. The van der Waals surface area contributed by atoms with Crippen LogP contribution >= 0.6 is 12.4 Å². The van der Waals surface area contributed by atoms with E-state index in [0.717, 1.165) is 23.3 Å². The van der Waals surface area contributed by atoms with Crippen LogP contribution in [0.3, 0.4) is 0 Å². The highest BCUT2D eigenvalue weighted by molar-refractivity contribution is 5.85. The molecular formula is C21H33ClN2O3. The van der Waals surface area contributed by atoms with Crippen molar-refractivity contribution in [2.24, 2.45) is 5.92 Å². The number of halogens is 1. The van der Waals surface area contributed by atoms with E-state index >= 15 is 0 Å². The Kier molecular flexibility index (Phi) is 8.87. The van der Waals surface area contributed by atoms with Gasteiger partial charge in [0.25, 0.3) is 0 Å². The van der Waals surface area contributed by atoms with Crippen LogP contribution in [0.1, 0.15) is 50.2 Å². The van der Waals surface area contributed by atoms with Gasteiger partial charge in [-0.2, -0.15) is 0 Å². The monoisotopic (exact) mass is 396 g/mol. The van der Waals surface area contributed by atoms with Crippen LogP contribution in [-0.2, 0) is 16.1 Å². The molecule has 5 nitrogen and oxygen atoms in total. The van der Waals surface area contributed by atoms with Gasteiger partial charge in [0.05, 0.1) is 12.6 Å². The lowest BCUT2D eigenvalue weighted by Crippen LogP contribution is -2.42. The largest absolute Gasteiger partial charge is 0.491 e. The molecule has 1 amide bonds. The summed E-state index contributed by atoms with van der Waals surface area (Å²) in [5.74, 6) is 1.62. The molecule has 1 aliphatic carbocycles. The molecule has 3 atom stereocenters. The smallest absolute Gasteiger partial charge is 0.237 e. The molecule has 2 N–H and O–H groups in total. The summed E-state index contributed by atoms with van der Waals surface area (Å²) in [6.45, 7) is 6.30. The number of amides is 1. The second-order valence-electron chi connectivity index (χ2n) is 7.48. The molecule has 2 aliphatic rings. The maximum absolute atomic E-state index is 12.6. The Bertz CT molecular complexity index is 597. The van der Waals surface area contributed by atoms with Crippen LogP contribution in [0.15, 0.2) is 18.2 Å². The zero-order valence-electron chi connectivity index (χ0n) is 16.5. The number of rotatable bonds is 8. The Balaban J connectivity index is 0.00000261. The zero-order chi connectivity index (χ0) is 18.4. The summed E-state index contributed by atoms with van der Waals surface area (Å²) in [5, 5.41) is 6.64. The van der Waals surface area contributed by atoms with E-state index in [1.165, 1.54) is 25.7 Å². The number of benzene rings is 1. The van der Waals surface area contributed by atoms with Crippen molar-refractivity contribution >= 4 is 18.3 Å². The van der Waals surface area contributed by atoms with Gasteiger partial charge in [-0.05, 0) is 50.7 Å². The number of hydrogen-bond acceptors (Lipinski definition) is 4. The van der Waals surface area contributed by atoms with E-state index < -0.39 is 0 Å². The standard InChI is InChI=1S/C21H32N2O3.ClH/c1-3-25-10-11-26-20-12-15(2)8-9-17(20)14-22-21(24)19-13-16-6-4-5-7-18(16)23-19;/h8-9,12,16,18-19,23H,3-7,10-11,13-14H2,1-2H3,(H,22,24);1H. The Morgan fingerprint density at radius 1 is 1.26 bits per heavy atom. The summed E-state index contributed by atoms with van der Waals surface area (Å²) >= 11 is 0. The lowest BCUT2D eigenvalue weighted by atomic mass is 9.85. The van der Waals surface area contributed by atoms with Gasteiger partial charge in [-0.15, -0.1) is 12.4 Å². The lowest BCUT2D eigenvalue weighted by Gasteiger charge is -2.24. The Hall–Kier alpha value is -1.30. The first-order valence-corrected chi connectivity index (χ1v) is 10.0. The summed E-state index contributed by atoms with van der Waals surface area (Å²) in [6.07, 6.45) is 6.04. The highest BCUT2D eigenvalue weighted by Gasteiger charge is 2.38. The molecular weight excluding hydrogens is 364 g/mol. The number of fused-ring (bicyclic) bond motifs is 1. The van der Waals surface area contributed by atoms with Crippen LogP contribution < -0.4 is 15.4 Å². The van der Waals surface area contributed by atoms with Crippen LogP contribution in [0.2, 0.25) is 0 Å². The van der Waals surface area contributed by atoms with Crippen LogP contribution in [-0.4, -0.2) is 37.8 Å². The molecule has 2 fully saturated rings. The van der Waals surface area contributed by atoms with Crippen molar-refractivity contribution < 1.29 is 14.3 Å². The van der Waals surface area contributed by atoms with Crippen LogP contribution in [0, 0.1) is 12.8 Å². The van der Waals surface area contributed by atoms with E-state index in [1.54, 1.807) is 0 Å². The number of aryl methyl sites for hydroxylation is 1. The molecule has 6 heteroatoms. The molecule has 1 aromatic rings. The molecule has 0 spiro atoms. The molecule has 1 aromatic carbocycles. The topological polar surface area (TPSA) is 59.6 Å². The van der Waals surface area contributed by atoms with Crippen molar-refractivity contribution in [3.05, 3.63) is 29.3 Å². The number of ether oxygens (including phenoxy) is 2. The first kappa shape index (κ1) is 22.0. The fraction of sp³-hybridized carbons (Fsp3) is 0.667. The Morgan fingerprint density at radius 3 is 2.85 bits per heavy atom. The summed E-state index contributed by atoms with van der Waals surface area (Å²) < 4.78 is 11.2. The summed E-state index contributed by atoms with van der Waals surface area (Å²) in [6, 6.07) is 6.61. The molecule has 0 bridgehead atoms. The normalized spacial score (nSPS) is 24.0. The van der Waals surface area contributed by atoms with Crippen LogP contribution in [0.5, 0.6) is 5.75 Å². The van der Waals surface area contributed by atoms with E-state index in [1.807, 2.05) is 26.0 Å². The maximum atomic E-state index is 12.6. The fourth-order valence-electron chi connectivity index (χ4n) is 4.12. The van der Waals surface area contributed by atoms with E-state index in [4.69, 9.17) is 9.47 Å². The Morgan fingerprint density at radius 2 is 2.07 bits per heavy atom. The van der Waals surface area contributed by atoms with Crippen molar-refractivity contribution in [1.82, 2.24) is 10.6 Å². The van der Waals surface area contributed by atoms with Gasteiger partial charge >= 0.3 is 0 Å². The second kappa shape index (κ2) is 10.9. The van der Waals surface area contributed by atoms with E-state index in [-0.39, 0.29) is 24.4 Å². The minimum atomic E-state index is -0.0455. The lowest BCUT2D eigenvalue weighted by molar-refractivity contribution is -0.123. The van der Waals surface area contributed by atoms with Gasteiger partial charge < -0.3 is 20.1 Å². The third kappa shape index (κ3) is 6.09. The van der Waals surface area contributed by atoms with Crippen LogP contribution in [0.4, 0.5) is 0 Å². The average Bonchev–Trinajstić information content (AvgIpc) is 3.08. The number of carbonyl (C=O) groups is 1. The number of carbonyl (C=O) groups excluding carboxylic acids is 1. The second-order valence-corrected chi connectivity index (χ2v) is 7.48. The molecule has 3 unspecified atom stereocenters. The van der Waals surface area contributed by atoms with Gasteiger partial charge in [0.2, 0.25) is 5.91 Å². The van der Waals surface area contributed by atoms with Gasteiger partial charge in [0.15, 0.2) is 0 Å². The summed E-state index contributed by atoms with van der Waals surface area (Å²) in [5.41, 5.74) is 2.16. The SMILES string of the molecule is CCOCCOc1cc(C)ccc1CNC(=O)C1CC2CCCCC2N1.Cl. The van der Waals surface area contributed by atoms with Crippen LogP contribution in [0.25, 0.3) is 0 Å².